The smallest absolute Gasteiger partial charge is 0.0406 e. The molecule has 21 heavy (non-hydrogen) atoms. The Hall–Kier alpha value is -0.610. The molecule has 0 saturated carbocycles. The molecule has 2 N–H and O–H groups in total. The summed E-state index contributed by atoms with van der Waals surface area (Å²) >= 11 is 5.98. The summed E-state index contributed by atoms with van der Waals surface area (Å²) in [6.45, 7) is 9.68. The molecule has 1 heterocycles. The monoisotopic (exact) mass is 309 g/mol. The van der Waals surface area contributed by atoms with E-state index in [2.05, 4.69) is 49.8 Å². The Morgan fingerprint density at radius 2 is 1.71 bits per heavy atom. The second kappa shape index (κ2) is 6.66. The molecule has 2 rings (SSSR count). The second-order valence-corrected chi connectivity index (χ2v) is 7.21. The fourth-order valence-corrected chi connectivity index (χ4v) is 3.33. The van der Waals surface area contributed by atoms with E-state index in [1.165, 1.54) is 5.56 Å². The van der Waals surface area contributed by atoms with Gasteiger partial charge in [0.25, 0.3) is 0 Å². The van der Waals surface area contributed by atoms with Crippen LogP contribution in [0.1, 0.15) is 26.3 Å². The molecule has 3 nitrogen and oxygen atoms in total. The van der Waals surface area contributed by atoms with E-state index in [9.17, 15) is 0 Å². The van der Waals surface area contributed by atoms with Gasteiger partial charge in [0.2, 0.25) is 0 Å². The number of piperazine rings is 1. The predicted molar refractivity (Wildman–Crippen MR) is 90.9 cm³/mol. The van der Waals surface area contributed by atoms with Gasteiger partial charge in [-0.1, -0.05) is 23.7 Å². The van der Waals surface area contributed by atoms with Gasteiger partial charge in [0.1, 0.15) is 0 Å². The normalized spacial score (nSPS) is 27.5. The number of likely N-dealkylation sites (N-methyl/N-ethyl adjacent to an activating group) is 1. The van der Waals surface area contributed by atoms with Crippen LogP contribution in [-0.4, -0.2) is 54.1 Å². The van der Waals surface area contributed by atoms with E-state index in [0.717, 1.165) is 24.5 Å². The topological polar surface area (TPSA) is 32.5 Å². The minimum absolute atomic E-state index is 0.00237. The molecule has 0 amide bonds. The molecule has 0 aromatic heterocycles. The van der Waals surface area contributed by atoms with Gasteiger partial charge in [0.05, 0.1) is 0 Å². The lowest BCUT2D eigenvalue weighted by molar-refractivity contribution is -0.00219. The summed E-state index contributed by atoms with van der Waals surface area (Å²) in [5, 5.41) is 0.787. The lowest BCUT2D eigenvalue weighted by atomic mass is 9.88. The highest BCUT2D eigenvalue weighted by Gasteiger charge is 2.37. The molecule has 118 valence electrons. The fraction of sp³-hybridized carbons (Fsp3) is 0.647. The van der Waals surface area contributed by atoms with Crippen molar-refractivity contribution in [2.45, 2.75) is 44.8 Å². The van der Waals surface area contributed by atoms with Crippen LogP contribution in [0.5, 0.6) is 0 Å². The van der Waals surface area contributed by atoms with Crippen LogP contribution in [0.2, 0.25) is 5.02 Å². The van der Waals surface area contributed by atoms with Gasteiger partial charge in [-0.25, -0.2) is 0 Å². The summed E-state index contributed by atoms with van der Waals surface area (Å²) in [5.74, 6) is 0. The van der Waals surface area contributed by atoms with E-state index in [4.69, 9.17) is 17.3 Å². The Kier molecular flexibility index (Phi) is 5.31. The molecule has 3 unspecified atom stereocenters. The maximum absolute atomic E-state index is 6.16. The summed E-state index contributed by atoms with van der Waals surface area (Å²) in [6.07, 6.45) is 0.962. The third-order valence-corrected chi connectivity index (χ3v) is 5.31. The highest BCUT2D eigenvalue weighted by Crippen LogP contribution is 2.26. The molecule has 1 aromatic rings. The number of hydrogen-bond donors (Lipinski definition) is 1. The van der Waals surface area contributed by atoms with Gasteiger partial charge < -0.3 is 5.73 Å². The van der Waals surface area contributed by atoms with Crippen LogP contribution >= 0.6 is 11.6 Å². The minimum atomic E-state index is -0.00237. The van der Waals surface area contributed by atoms with Crippen molar-refractivity contribution in [1.82, 2.24) is 9.80 Å². The number of hydrogen-bond acceptors (Lipinski definition) is 3. The van der Waals surface area contributed by atoms with E-state index < -0.39 is 0 Å². The number of nitrogens with zero attached hydrogens (tertiary/aromatic N) is 2. The Bertz CT molecular complexity index is 450. The highest BCUT2D eigenvalue weighted by molar-refractivity contribution is 6.30. The van der Waals surface area contributed by atoms with E-state index in [1.807, 2.05) is 12.1 Å². The Labute approximate surface area is 134 Å². The summed E-state index contributed by atoms with van der Waals surface area (Å²) in [6, 6.07) is 9.26. The van der Waals surface area contributed by atoms with Crippen LogP contribution in [0.3, 0.4) is 0 Å². The zero-order valence-electron chi connectivity index (χ0n) is 13.6. The van der Waals surface area contributed by atoms with Gasteiger partial charge >= 0.3 is 0 Å². The van der Waals surface area contributed by atoms with Crippen LogP contribution in [0.4, 0.5) is 0 Å². The summed E-state index contributed by atoms with van der Waals surface area (Å²) in [4.78, 5) is 5.02. The molecule has 0 radical (unpaired) electrons. The molecule has 0 bridgehead atoms. The van der Waals surface area contributed by atoms with Crippen LogP contribution in [0.15, 0.2) is 24.3 Å². The van der Waals surface area contributed by atoms with Gasteiger partial charge in [-0.2, -0.15) is 0 Å². The van der Waals surface area contributed by atoms with E-state index in [-0.39, 0.29) is 5.54 Å². The van der Waals surface area contributed by atoms with Gasteiger partial charge in [-0.3, -0.25) is 9.80 Å². The van der Waals surface area contributed by atoms with Crippen molar-refractivity contribution in [3.63, 3.8) is 0 Å². The van der Waals surface area contributed by atoms with Crippen molar-refractivity contribution in [3.05, 3.63) is 34.9 Å². The lowest BCUT2D eigenvalue weighted by Gasteiger charge is -2.50. The van der Waals surface area contributed by atoms with E-state index in [0.29, 0.717) is 18.6 Å². The van der Waals surface area contributed by atoms with E-state index in [1.54, 1.807) is 0 Å². The summed E-state index contributed by atoms with van der Waals surface area (Å²) in [5.41, 5.74) is 7.46. The van der Waals surface area contributed by atoms with Gasteiger partial charge in [-0.15, -0.1) is 0 Å². The predicted octanol–water partition coefficient (Wildman–Crippen LogP) is 2.62. The first-order chi connectivity index (χ1) is 9.85. The molecule has 0 spiro atoms. The molecule has 1 aromatic carbocycles. The zero-order chi connectivity index (χ0) is 15.6. The third-order valence-electron chi connectivity index (χ3n) is 5.06. The minimum Gasteiger partial charge on any atom is -0.329 e. The average Bonchev–Trinajstić information content (AvgIpc) is 2.46. The molecule has 1 aliphatic heterocycles. The van der Waals surface area contributed by atoms with Gasteiger partial charge in [0.15, 0.2) is 0 Å². The molecule has 0 aliphatic carbocycles. The van der Waals surface area contributed by atoms with Crippen LogP contribution < -0.4 is 5.73 Å². The van der Waals surface area contributed by atoms with Crippen LogP contribution in [0.25, 0.3) is 0 Å². The van der Waals surface area contributed by atoms with E-state index >= 15 is 0 Å². The van der Waals surface area contributed by atoms with Crippen LogP contribution in [-0.2, 0) is 6.42 Å². The molecular weight excluding hydrogens is 282 g/mol. The first-order valence-electron chi connectivity index (χ1n) is 7.77. The average molecular weight is 310 g/mol. The summed E-state index contributed by atoms with van der Waals surface area (Å²) < 4.78 is 0. The van der Waals surface area contributed by atoms with Crippen molar-refractivity contribution in [2.24, 2.45) is 5.73 Å². The maximum Gasteiger partial charge on any atom is 0.0406 e. The quantitative estimate of drug-likeness (QED) is 0.928. The highest BCUT2D eigenvalue weighted by atomic mass is 35.5. The first kappa shape index (κ1) is 16.8. The molecule has 1 saturated heterocycles. The first-order valence-corrected chi connectivity index (χ1v) is 8.15. The fourth-order valence-electron chi connectivity index (χ4n) is 3.20. The number of nitrogens with two attached hydrogens (primary N) is 1. The zero-order valence-corrected chi connectivity index (χ0v) is 14.4. The molecule has 4 heteroatoms. The van der Waals surface area contributed by atoms with Crippen molar-refractivity contribution in [2.75, 3.05) is 26.7 Å². The number of benzene rings is 1. The Morgan fingerprint density at radius 3 is 2.19 bits per heavy atom. The molecule has 1 fully saturated rings. The third kappa shape index (κ3) is 3.78. The second-order valence-electron chi connectivity index (χ2n) is 6.77. The Morgan fingerprint density at radius 1 is 1.19 bits per heavy atom. The number of rotatable bonds is 4. The van der Waals surface area contributed by atoms with Crippen molar-refractivity contribution in [1.29, 1.82) is 0 Å². The number of halogens is 1. The van der Waals surface area contributed by atoms with Crippen molar-refractivity contribution >= 4 is 11.6 Å². The largest absolute Gasteiger partial charge is 0.329 e. The summed E-state index contributed by atoms with van der Waals surface area (Å²) in [7, 11) is 2.21. The van der Waals surface area contributed by atoms with Crippen molar-refractivity contribution < 1.29 is 0 Å². The molecule has 3 atom stereocenters. The van der Waals surface area contributed by atoms with Gasteiger partial charge in [-0.05, 0) is 51.9 Å². The maximum atomic E-state index is 6.16. The van der Waals surface area contributed by atoms with Gasteiger partial charge in [0, 0.05) is 42.3 Å². The van der Waals surface area contributed by atoms with Crippen molar-refractivity contribution in [3.8, 4) is 0 Å². The standard InChI is InChI=1S/C17H28ClN3/c1-13-10-21(11-14(2)20(13)4)17(3,12-19)9-15-5-7-16(18)8-6-15/h5-8,13-14H,9-12,19H2,1-4H3. The SMILES string of the molecule is CC1CN(C(C)(CN)Cc2ccc(Cl)cc2)CC(C)N1C. The Balaban J connectivity index is 2.14. The lowest BCUT2D eigenvalue weighted by Crippen LogP contribution is -2.64. The van der Waals surface area contributed by atoms with Crippen LogP contribution in [0, 0.1) is 0 Å². The molecule has 1 aliphatic rings. The molecular formula is C17H28ClN3.